The number of amides is 3. The van der Waals surface area contributed by atoms with Gasteiger partial charge in [0.1, 0.15) is 0 Å². The van der Waals surface area contributed by atoms with E-state index in [0.717, 1.165) is 16.7 Å². The Hall–Kier alpha value is -2.33. The number of imide groups is 1. The molecule has 1 aromatic carbocycles. The number of nitrogens with one attached hydrogen (secondary N) is 1. The van der Waals surface area contributed by atoms with Gasteiger partial charge in [-0.05, 0) is 40.8 Å². The molecule has 0 bridgehead atoms. The predicted molar refractivity (Wildman–Crippen MR) is 119 cm³/mol. The number of methoxy groups -OCH3 is 3. The van der Waals surface area contributed by atoms with Crippen LogP contribution in [-0.4, -0.2) is 67.4 Å². The fourth-order valence-corrected chi connectivity index (χ4v) is 4.08. The zero-order valence-corrected chi connectivity index (χ0v) is 19.3. The van der Waals surface area contributed by atoms with E-state index >= 15 is 0 Å². The fraction of sp³-hybridized carbons (Fsp3) is 0.450. The maximum absolute atomic E-state index is 12.7. The average molecular weight is 455 g/mol. The number of rotatable bonds is 10. The summed E-state index contributed by atoms with van der Waals surface area (Å²) in [7, 11) is 4.51. The Bertz CT molecular complexity index is 816. The van der Waals surface area contributed by atoms with E-state index in [1.165, 1.54) is 33.1 Å². The van der Waals surface area contributed by atoms with Crippen LogP contribution in [0.2, 0.25) is 0 Å². The summed E-state index contributed by atoms with van der Waals surface area (Å²) >= 11 is 2.39. The first kappa shape index (κ1) is 23.9. The third kappa shape index (κ3) is 6.09. The van der Waals surface area contributed by atoms with Crippen LogP contribution < -0.4 is 19.5 Å². The van der Waals surface area contributed by atoms with Crippen molar-refractivity contribution in [3.63, 3.8) is 0 Å². The summed E-state index contributed by atoms with van der Waals surface area (Å²) in [5, 5.41) is 2.72. The molecule has 30 heavy (non-hydrogen) atoms. The Labute approximate surface area is 184 Å². The zero-order chi connectivity index (χ0) is 22.3. The molecule has 0 aliphatic carbocycles. The molecule has 1 N–H and O–H groups in total. The lowest BCUT2D eigenvalue weighted by Crippen LogP contribution is -2.37. The van der Waals surface area contributed by atoms with Gasteiger partial charge in [-0.1, -0.05) is 13.8 Å². The second-order valence-electron chi connectivity index (χ2n) is 6.50. The van der Waals surface area contributed by atoms with Crippen LogP contribution in [0, 0.1) is 0 Å². The molecule has 1 aromatic rings. The number of carbonyl (C=O) groups excluding carboxylic acids is 3. The standard InChI is InChI=1S/C20H26N2O6S2/c1-12(2)29-11-17(23)21-6-7-22-19(24)16(30-20(22)25)10-13-8-14(26-3)18(28-5)15(9-13)27-4/h8-10,12H,6-7,11H2,1-5H3,(H,21,23)/b16-10-. The summed E-state index contributed by atoms with van der Waals surface area (Å²) in [5.74, 6) is 1.17. The molecule has 0 unspecified atom stereocenters. The quantitative estimate of drug-likeness (QED) is 0.539. The molecule has 0 radical (unpaired) electrons. The van der Waals surface area contributed by atoms with Crippen molar-refractivity contribution in [2.24, 2.45) is 0 Å². The second-order valence-corrected chi connectivity index (χ2v) is 9.06. The van der Waals surface area contributed by atoms with Gasteiger partial charge in [-0.2, -0.15) is 0 Å². The summed E-state index contributed by atoms with van der Waals surface area (Å²) in [5.41, 5.74) is 0.633. The van der Waals surface area contributed by atoms with E-state index in [0.29, 0.717) is 33.8 Å². The molecule has 1 aliphatic rings. The Morgan fingerprint density at radius 2 is 1.80 bits per heavy atom. The predicted octanol–water partition coefficient (Wildman–Crippen LogP) is 3.01. The molecule has 1 fully saturated rings. The lowest BCUT2D eigenvalue weighted by atomic mass is 10.1. The summed E-state index contributed by atoms with van der Waals surface area (Å²) in [4.78, 5) is 38.1. The SMILES string of the molecule is COc1cc(/C=C2\SC(=O)N(CCNC(=O)CSC(C)C)C2=O)cc(OC)c1OC. The minimum atomic E-state index is -0.399. The molecular formula is C20H26N2O6S2. The summed E-state index contributed by atoms with van der Waals surface area (Å²) < 4.78 is 15.9. The molecule has 2 rings (SSSR count). The highest BCUT2D eigenvalue weighted by Crippen LogP contribution is 2.40. The molecule has 0 spiro atoms. The van der Waals surface area contributed by atoms with Gasteiger partial charge in [0.25, 0.3) is 11.1 Å². The molecule has 0 aromatic heterocycles. The fourth-order valence-electron chi connectivity index (χ4n) is 2.63. The first-order valence-electron chi connectivity index (χ1n) is 9.24. The summed E-state index contributed by atoms with van der Waals surface area (Å²) in [6, 6.07) is 3.39. The highest BCUT2D eigenvalue weighted by atomic mass is 32.2. The largest absolute Gasteiger partial charge is 0.493 e. The van der Waals surface area contributed by atoms with Crippen molar-refractivity contribution in [2.45, 2.75) is 19.1 Å². The number of carbonyl (C=O) groups is 3. The minimum absolute atomic E-state index is 0.117. The molecule has 1 aliphatic heterocycles. The third-order valence-corrected chi connectivity index (χ3v) is 6.07. The van der Waals surface area contributed by atoms with Gasteiger partial charge in [-0.15, -0.1) is 11.8 Å². The summed E-state index contributed by atoms with van der Waals surface area (Å²) in [6.07, 6.45) is 1.60. The van der Waals surface area contributed by atoms with Crippen LogP contribution in [0.5, 0.6) is 17.2 Å². The van der Waals surface area contributed by atoms with E-state index in [4.69, 9.17) is 14.2 Å². The van der Waals surface area contributed by atoms with Crippen molar-refractivity contribution in [1.82, 2.24) is 10.2 Å². The highest BCUT2D eigenvalue weighted by Gasteiger charge is 2.34. The van der Waals surface area contributed by atoms with Crippen LogP contribution in [0.3, 0.4) is 0 Å². The van der Waals surface area contributed by atoms with Gasteiger partial charge in [0.15, 0.2) is 11.5 Å². The maximum Gasteiger partial charge on any atom is 0.293 e. The van der Waals surface area contributed by atoms with Crippen molar-refractivity contribution in [3.05, 3.63) is 22.6 Å². The van der Waals surface area contributed by atoms with Crippen LogP contribution in [0.1, 0.15) is 19.4 Å². The molecule has 3 amide bonds. The summed E-state index contributed by atoms with van der Waals surface area (Å²) in [6.45, 7) is 4.36. The second kappa shape index (κ2) is 11.2. The molecular weight excluding hydrogens is 428 g/mol. The van der Waals surface area contributed by atoms with Crippen molar-refractivity contribution >= 4 is 46.7 Å². The van der Waals surface area contributed by atoms with Gasteiger partial charge in [0, 0.05) is 13.1 Å². The lowest BCUT2D eigenvalue weighted by molar-refractivity contribution is -0.123. The molecule has 1 saturated heterocycles. The lowest BCUT2D eigenvalue weighted by Gasteiger charge is -2.14. The van der Waals surface area contributed by atoms with E-state index in [1.807, 2.05) is 13.8 Å². The number of ether oxygens (including phenoxy) is 3. The van der Waals surface area contributed by atoms with Gasteiger partial charge in [0.05, 0.1) is 32.0 Å². The van der Waals surface area contributed by atoms with Crippen molar-refractivity contribution < 1.29 is 28.6 Å². The number of thioether (sulfide) groups is 2. The number of benzene rings is 1. The Kier molecular flexibility index (Phi) is 8.91. The number of hydrogen-bond acceptors (Lipinski definition) is 8. The first-order chi connectivity index (χ1) is 14.3. The number of nitrogens with zero attached hydrogens (tertiary/aromatic N) is 1. The van der Waals surface area contributed by atoms with Crippen LogP contribution in [0.4, 0.5) is 4.79 Å². The van der Waals surface area contributed by atoms with E-state index < -0.39 is 5.91 Å². The molecule has 8 nitrogen and oxygen atoms in total. The normalized spacial score (nSPS) is 15.1. The molecule has 164 valence electrons. The smallest absolute Gasteiger partial charge is 0.293 e. The molecule has 10 heteroatoms. The zero-order valence-electron chi connectivity index (χ0n) is 17.6. The van der Waals surface area contributed by atoms with Gasteiger partial charge in [-0.3, -0.25) is 19.3 Å². The van der Waals surface area contributed by atoms with E-state index in [1.54, 1.807) is 18.2 Å². The first-order valence-corrected chi connectivity index (χ1v) is 11.1. The Morgan fingerprint density at radius 3 is 2.33 bits per heavy atom. The molecule has 0 saturated carbocycles. The van der Waals surface area contributed by atoms with E-state index in [9.17, 15) is 14.4 Å². The highest BCUT2D eigenvalue weighted by molar-refractivity contribution is 8.18. The van der Waals surface area contributed by atoms with Crippen LogP contribution in [-0.2, 0) is 9.59 Å². The van der Waals surface area contributed by atoms with Gasteiger partial charge >= 0.3 is 0 Å². The maximum atomic E-state index is 12.7. The van der Waals surface area contributed by atoms with Gasteiger partial charge in [0.2, 0.25) is 11.7 Å². The van der Waals surface area contributed by atoms with Crippen molar-refractivity contribution in [1.29, 1.82) is 0 Å². The molecule has 1 heterocycles. The van der Waals surface area contributed by atoms with Gasteiger partial charge < -0.3 is 19.5 Å². The number of hydrogen-bond donors (Lipinski definition) is 1. The monoisotopic (exact) mass is 454 g/mol. The Balaban J connectivity index is 2.07. The van der Waals surface area contributed by atoms with E-state index in [2.05, 4.69) is 5.32 Å². The van der Waals surface area contributed by atoms with Gasteiger partial charge in [-0.25, -0.2) is 0 Å². The topological polar surface area (TPSA) is 94.2 Å². The van der Waals surface area contributed by atoms with Crippen LogP contribution >= 0.6 is 23.5 Å². The third-order valence-electron chi connectivity index (χ3n) is 4.06. The van der Waals surface area contributed by atoms with Crippen molar-refractivity contribution in [2.75, 3.05) is 40.2 Å². The molecule has 0 atom stereocenters. The van der Waals surface area contributed by atoms with Crippen LogP contribution in [0.25, 0.3) is 6.08 Å². The Morgan fingerprint density at radius 1 is 1.17 bits per heavy atom. The minimum Gasteiger partial charge on any atom is -0.493 e. The van der Waals surface area contributed by atoms with Crippen LogP contribution in [0.15, 0.2) is 17.0 Å². The van der Waals surface area contributed by atoms with Crippen molar-refractivity contribution in [3.8, 4) is 17.2 Å². The van der Waals surface area contributed by atoms with E-state index in [-0.39, 0.29) is 29.1 Å². The average Bonchev–Trinajstić information content (AvgIpc) is 2.98.